The molecule has 0 fully saturated rings. The normalized spacial score (nSPS) is 12.1. The van der Waals surface area contributed by atoms with Crippen LogP contribution < -0.4 is 0 Å². The van der Waals surface area contributed by atoms with Crippen molar-refractivity contribution in [1.29, 1.82) is 0 Å². The Morgan fingerprint density at radius 1 is 0.162 bits per heavy atom. The predicted octanol–water partition coefficient (Wildman–Crippen LogP) is 16.0. The summed E-state index contributed by atoms with van der Waals surface area (Å²) in [5.41, 5.74) is 16.5. The molecule has 10 aromatic carbocycles. The van der Waals surface area contributed by atoms with Crippen molar-refractivity contribution < 1.29 is 0 Å². The molecular formula is C64H54P4. The van der Waals surface area contributed by atoms with Crippen molar-refractivity contribution >= 4 is 37.0 Å². The quantitative estimate of drug-likeness (QED) is 0.0798. The number of hydrogen-bond donors (Lipinski definition) is 0. The minimum atomic E-state index is -0.608. The molecule has 0 aliphatic heterocycles. The van der Waals surface area contributed by atoms with Crippen molar-refractivity contribution in [2.45, 2.75) is 20.6 Å². The molecule has 0 radical (unpaired) electrons. The third-order valence-electron chi connectivity index (χ3n) is 13.9. The number of hydrogen-bond acceptors (Lipinski definition) is 0. The lowest BCUT2D eigenvalue weighted by atomic mass is 9.76. The average molecular weight is 947 g/mol. The Morgan fingerprint density at radius 3 is 0.426 bits per heavy atom. The molecule has 0 bridgehead atoms. The van der Waals surface area contributed by atoms with E-state index in [9.17, 15) is 0 Å². The zero-order valence-corrected chi connectivity index (χ0v) is 42.5. The van der Waals surface area contributed by atoms with Crippen LogP contribution in [0.1, 0.15) is 66.8 Å². The molecule has 0 heterocycles. The molecule has 0 aliphatic carbocycles. The minimum absolute atomic E-state index is 0.608. The molecule has 4 heteroatoms. The van der Waals surface area contributed by atoms with Crippen molar-refractivity contribution in [1.82, 2.24) is 0 Å². The average Bonchev–Trinajstić information content (AvgIpc) is 3.43. The van der Waals surface area contributed by atoms with E-state index in [1.165, 1.54) is 66.8 Å². The molecule has 0 saturated carbocycles. The Bertz CT molecular complexity index is 2640. The number of benzene rings is 10. The van der Waals surface area contributed by atoms with Crippen molar-refractivity contribution in [3.63, 3.8) is 0 Å². The van der Waals surface area contributed by atoms with Crippen molar-refractivity contribution in [2.24, 2.45) is 0 Å². The van der Waals surface area contributed by atoms with Gasteiger partial charge in [-0.05, 0) is 102 Å². The Labute approximate surface area is 412 Å². The smallest absolute Gasteiger partial charge is 0.0591 e. The SMILES string of the molecule is PC(c1ccccc1)(c1ccccc1)c1cc(-c2cc(C(P)(c3ccccc3)c3ccccc3)cc(C(P)(c3ccccc3)c3ccccc3)c2)cc(C(P)(c2ccccc2)c2ccccc2)c1. The molecule has 0 spiro atoms. The highest BCUT2D eigenvalue weighted by atomic mass is 31.0. The first-order valence-electron chi connectivity index (χ1n) is 23.2. The lowest BCUT2D eigenvalue weighted by Gasteiger charge is -2.37. The van der Waals surface area contributed by atoms with E-state index in [0.717, 1.165) is 11.1 Å². The van der Waals surface area contributed by atoms with Crippen LogP contribution in [-0.4, -0.2) is 0 Å². The first-order chi connectivity index (χ1) is 33.2. The van der Waals surface area contributed by atoms with E-state index in [-0.39, 0.29) is 0 Å². The van der Waals surface area contributed by atoms with Crippen LogP contribution in [0.15, 0.2) is 279 Å². The maximum absolute atomic E-state index is 3.35. The van der Waals surface area contributed by atoms with Crippen molar-refractivity contribution in [2.75, 3.05) is 0 Å². The van der Waals surface area contributed by atoms with Crippen LogP contribution in [-0.2, 0) is 20.6 Å². The fourth-order valence-electron chi connectivity index (χ4n) is 10.1. The summed E-state index contributed by atoms with van der Waals surface area (Å²) in [4.78, 5) is 0. The van der Waals surface area contributed by atoms with E-state index in [2.05, 4.69) is 316 Å². The molecule has 0 aliphatic rings. The maximum Gasteiger partial charge on any atom is 0.0591 e. The first kappa shape index (κ1) is 45.7. The summed E-state index contributed by atoms with van der Waals surface area (Å²) in [5, 5.41) is -2.43. The number of rotatable bonds is 13. The second kappa shape index (κ2) is 19.5. The summed E-state index contributed by atoms with van der Waals surface area (Å²) in [6.45, 7) is 0. The second-order valence-corrected chi connectivity index (χ2v) is 21.2. The van der Waals surface area contributed by atoms with Crippen LogP contribution in [0.3, 0.4) is 0 Å². The van der Waals surface area contributed by atoms with E-state index in [1.807, 2.05) is 0 Å². The fraction of sp³-hybridized carbons (Fsp3) is 0.0625. The molecule has 0 saturated heterocycles. The summed E-state index contributed by atoms with van der Waals surface area (Å²) in [7, 11) is 13.4. The van der Waals surface area contributed by atoms with Gasteiger partial charge in [-0.15, -0.1) is 37.0 Å². The standard InChI is InChI=1S/C64H54P4/c65-61(49-25-9-1-10-26-49,50-27-11-2-12-28-50)57-41-47(42-58(45-57)62(66,51-29-13-3-14-30-51)52-31-15-4-16-32-52)48-43-59(63(67,53-33-17-5-18-34-53)54-35-19-6-20-36-54)46-60(44-48)64(68,55-37-21-7-22-38-55)56-39-23-8-24-40-56/h1-46H,65-68H2. The van der Waals surface area contributed by atoms with Crippen LogP contribution in [0.5, 0.6) is 0 Å². The van der Waals surface area contributed by atoms with Gasteiger partial charge in [-0.2, -0.15) is 0 Å². The third kappa shape index (κ3) is 8.34. The van der Waals surface area contributed by atoms with Crippen LogP contribution in [0, 0.1) is 0 Å². The molecule has 68 heavy (non-hydrogen) atoms. The van der Waals surface area contributed by atoms with Gasteiger partial charge in [-0.1, -0.05) is 255 Å². The third-order valence-corrected chi connectivity index (χ3v) is 17.9. The molecule has 4 unspecified atom stereocenters. The van der Waals surface area contributed by atoms with Gasteiger partial charge >= 0.3 is 0 Å². The Hall–Kier alpha value is -6.08. The lowest BCUT2D eigenvalue weighted by Crippen LogP contribution is -2.26. The van der Waals surface area contributed by atoms with Gasteiger partial charge < -0.3 is 0 Å². The largest absolute Gasteiger partial charge is 0.117 e. The summed E-state index contributed by atoms with van der Waals surface area (Å²) in [5.74, 6) is 0. The first-order valence-corrected chi connectivity index (χ1v) is 25.5. The van der Waals surface area contributed by atoms with Gasteiger partial charge in [-0.3, -0.25) is 0 Å². The Morgan fingerprint density at radius 2 is 0.294 bits per heavy atom. The van der Waals surface area contributed by atoms with Crippen LogP contribution in [0.25, 0.3) is 11.1 Å². The van der Waals surface area contributed by atoms with Crippen molar-refractivity contribution in [3.05, 3.63) is 346 Å². The molecule has 0 N–H and O–H groups in total. The van der Waals surface area contributed by atoms with E-state index < -0.39 is 20.6 Å². The molecule has 0 nitrogen and oxygen atoms in total. The van der Waals surface area contributed by atoms with Crippen LogP contribution in [0.4, 0.5) is 0 Å². The van der Waals surface area contributed by atoms with Gasteiger partial charge in [0.05, 0.1) is 20.6 Å². The second-order valence-electron chi connectivity index (χ2n) is 17.8. The molecule has 10 rings (SSSR count). The Kier molecular flexibility index (Phi) is 13.1. The molecule has 0 amide bonds. The highest BCUT2D eigenvalue weighted by molar-refractivity contribution is 7.20. The minimum Gasteiger partial charge on any atom is -0.117 e. The van der Waals surface area contributed by atoms with Gasteiger partial charge in [0.2, 0.25) is 0 Å². The fourth-order valence-corrected chi connectivity index (χ4v) is 12.3. The topological polar surface area (TPSA) is 0 Å². The van der Waals surface area contributed by atoms with E-state index in [0.29, 0.717) is 0 Å². The van der Waals surface area contributed by atoms with Gasteiger partial charge in [0, 0.05) is 0 Å². The zero-order chi connectivity index (χ0) is 46.6. The predicted molar refractivity (Wildman–Crippen MR) is 302 cm³/mol. The maximum atomic E-state index is 3.35. The summed E-state index contributed by atoms with van der Waals surface area (Å²) < 4.78 is 0. The molecular weight excluding hydrogens is 893 g/mol. The monoisotopic (exact) mass is 946 g/mol. The molecule has 330 valence electrons. The van der Waals surface area contributed by atoms with Crippen LogP contribution >= 0.6 is 37.0 Å². The highest BCUT2D eigenvalue weighted by Gasteiger charge is 2.39. The van der Waals surface area contributed by atoms with Gasteiger partial charge in [0.1, 0.15) is 0 Å². The van der Waals surface area contributed by atoms with E-state index in [1.54, 1.807) is 0 Å². The molecule has 0 aromatic heterocycles. The molecule has 4 atom stereocenters. The van der Waals surface area contributed by atoms with Crippen LogP contribution in [0.2, 0.25) is 0 Å². The Balaban J connectivity index is 1.35. The van der Waals surface area contributed by atoms with E-state index in [4.69, 9.17) is 0 Å². The summed E-state index contributed by atoms with van der Waals surface area (Å²) in [6, 6.07) is 102. The zero-order valence-electron chi connectivity index (χ0n) is 37.9. The summed E-state index contributed by atoms with van der Waals surface area (Å²) >= 11 is 0. The lowest BCUT2D eigenvalue weighted by molar-refractivity contribution is 0.859. The van der Waals surface area contributed by atoms with E-state index >= 15 is 0 Å². The molecule has 10 aromatic rings. The van der Waals surface area contributed by atoms with Crippen molar-refractivity contribution in [3.8, 4) is 11.1 Å². The van der Waals surface area contributed by atoms with Gasteiger partial charge in [0.15, 0.2) is 0 Å². The van der Waals surface area contributed by atoms with Gasteiger partial charge in [0.25, 0.3) is 0 Å². The highest BCUT2D eigenvalue weighted by Crippen LogP contribution is 2.54. The van der Waals surface area contributed by atoms with Gasteiger partial charge in [-0.25, -0.2) is 0 Å². The summed E-state index contributed by atoms with van der Waals surface area (Å²) in [6.07, 6.45) is 0.